The molecule has 0 atom stereocenters. The second-order valence-corrected chi connectivity index (χ2v) is 7.92. The van der Waals surface area contributed by atoms with Crippen LogP contribution in [0.2, 0.25) is 0 Å². The summed E-state index contributed by atoms with van der Waals surface area (Å²) >= 11 is 0. The lowest BCUT2D eigenvalue weighted by molar-refractivity contribution is 0.313. The first-order valence-corrected chi connectivity index (χ1v) is 11.2. The van der Waals surface area contributed by atoms with Crippen LogP contribution < -0.4 is 10.2 Å². The van der Waals surface area contributed by atoms with E-state index in [4.69, 9.17) is 4.98 Å². The quantitative estimate of drug-likeness (QED) is 0.596. The number of piperazine rings is 1. The molecule has 0 bridgehead atoms. The summed E-state index contributed by atoms with van der Waals surface area (Å²) in [5, 5.41) is 3.46. The Kier molecular flexibility index (Phi) is 6.89. The predicted molar refractivity (Wildman–Crippen MR) is 127 cm³/mol. The van der Waals surface area contributed by atoms with Crippen LogP contribution in [0.15, 0.2) is 36.7 Å². The first-order valence-electron chi connectivity index (χ1n) is 11.2. The SMILES string of the molecule is CCN(CC)CCNc1nc(-c2ccc(N3CCN(C)CC3)cc2)nc2nccnc12. The summed E-state index contributed by atoms with van der Waals surface area (Å²) in [5.74, 6) is 1.41. The largest absolute Gasteiger partial charge is 0.369 e. The zero-order valence-electron chi connectivity index (χ0n) is 18.8. The molecule has 0 saturated carbocycles. The van der Waals surface area contributed by atoms with Gasteiger partial charge in [-0.1, -0.05) is 13.8 Å². The van der Waals surface area contributed by atoms with Gasteiger partial charge in [-0.25, -0.2) is 19.9 Å². The van der Waals surface area contributed by atoms with Gasteiger partial charge in [-0.2, -0.15) is 0 Å². The molecular formula is C23H32N8. The second kappa shape index (κ2) is 9.98. The van der Waals surface area contributed by atoms with Crippen LogP contribution >= 0.6 is 0 Å². The number of nitrogens with zero attached hydrogens (tertiary/aromatic N) is 7. The fraction of sp³-hybridized carbons (Fsp3) is 0.478. The molecule has 1 aromatic carbocycles. The lowest BCUT2D eigenvalue weighted by Crippen LogP contribution is -2.44. The maximum Gasteiger partial charge on any atom is 0.184 e. The lowest BCUT2D eigenvalue weighted by atomic mass is 10.1. The van der Waals surface area contributed by atoms with Crippen LogP contribution in [0, 0.1) is 0 Å². The van der Waals surface area contributed by atoms with Crippen molar-refractivity contribution in [1.82, 2.24) is 29.7 Å². The summed E-state index contributed by atoms with van der Waals surface area (Å²) in [6, 6.07) is 8.53. The van der Waals surface area contributed by atoms with Crippen molar-refractivity contribution >= 4 is 22.7 Å². The van der Waals surface area contributed by atoms with E-state index in [9.17, 15) is 0 Å². The minimum Gasteiger partial charge on any atom is -0.369 e. The number of fused-ring (bicyclic) bond motifs is 1. The van der Waals surface area contributed by atoms with Crippen molar-refractivity contribution in [2.75, 3.05) is 69.6 Å². The molecule has 0 amide bonds. The number of rotatable bonds is 8. The Morgan fingerprint density at radius 3 is 2.35 bits per heavy atom. The molecule has 1 fully saturated rings. The number of likely N-dealkylation sites (N-methyl/N-ethyl adjacent to an activating group) is 2. The third-order valence-corrected chi connectivity index (χ3v) is 5.94. The topological polar surface area (TPSA) is 73.3 Å². The van der Waals surface area contributed by atoms with Crippen molar-refractivity contribution in [2.45, 2.75) is 13.8 Å². The molecule has 3 heterocycles. The molecule has 0 aliphatic carbocycles. The molecule has 0 unspecified atom stereocenters. The van der Waals surface area contributed by atoms with Gasteiger partial charge in [-0.15, -0.1) is 0 Å². The van der Waals surface area contributed by atoms with E-state index in [0.29, 0.717) is 17.0 Å². The first-order chi connectivity index (χ1) is 15.2. The normalized spacial score (nSPS) is 15.0. The Labute approximate surface area is 184 Å². The van der Waals surface area contributed by atoms with Gasteiger partial charge in [-0.3, -0.25) is 0 Å². The van der Waals surface area contributed by atoms with Gasteiger partial charge in [0.15, 0.2) is 17.3 Å². The number of anilines is 2. The van der Waals surface area contributed by atoms with E-state index in [-0.39, 0.29) is 0 Å². The van der Waals surface area contributed by atoms with Gasteiger partial charge in [0.05, 0.1) is 0 Å². The smallest absolute Gasteiger partial charge is 0.184 e. The van der Waals surface area contributed by atoms with Crippen molar-refractivity contribution in [3.05, 3.63) is 36.7 Å². The summed E-state index contributed by atoms with van der Waals surface area (Å²) < 4.78 is 0. The third kappa shape index (κ3) is 5.08. The van der Waals surface area contributed by atoms with Crippen LogP contribution in [0.3, 0.4) is 0 Å². The monoisotopic (exact) mass is 420 g/mol. The molecule has 0 spiro atoms. The first kappa shape index (κ1) is 21.4. The Morgan fingerprint density at radius 1 is 0.935 bits per heavy atom. The highest BCUT2D eigenvalue weighted by molar-refractivity contribution is 5.84. The molecule has 0 radical (unpaired) electrons. The number of nitrogens with one attached hydrogen (secondary N) is 1. The van der Waals surface area contributed by atoms with E-state index in [0.717, 1.165) is 63.7 Å². The highest BCUT2D eigenvalue weighted by atomic mass is 15.2. The third-order valence-electron chi connectivity index (χ3n) is 5.94. The number of hydrogen-bond donors (Lipinski definition) is 1. The molecular weight excluding hydrogens is 388 g/mol. The highest BCUT2D eigenvalue weighted by Gasteiger charge is 2.15. The zero-order valence-corrected chi connectivity index (χ0v) is 18.8. The average Bonchev–Trinajstić information content (AvgIpc) is 2.82. The van der Waals surface area contributed by atoms with Gasteiger partial charge in [0.25, 0.3) is 0 Å². The van der Waals surface area contributed by atoms with E-state index >= 15 is 0 Å². The number of benzene rings is 1. The standard InChI is InChI=1S/C23H32N8/c1-4-30(5-2)13-12-26-23-20-22(25-11-10-24-20)27-21(28-23)18-6-8-19(9-7-18)31-16-14-29(3)15-17-31/h6-11H,4-5,12-17H2,1-3H3,(H,25,26,27,28). The molecule has 8 heteroatoms. The fourth-order valence-electron chi connectivity index (χ4n) is 3.87. The van der Waals surface area contributed by atoms with Crippen LogP contribution in [0.25, 0.3) is 22.6 Å². The van der Waals surface area contributed by atoms with E-state index in [1.807, 2.05) is 0 Å². The summed E-state index contributed by atoms with van der Waals surface area (Å²) in [5.41, 5.74) is 3.55. The van der Waals surface area contributed by atoms with Gasteiger partial charge in [-0.05, 0) is 44.4 Å². The molecule has 2 aromatic heterocycles. The molecule has 1 N–H and O–H groups in total. The van der Waals surface area contributed by atoms with Crippen molar-refractivity contribution in [2.24, 2.45) is 0 Å². The lowest BCUT2D eigenvalue weighted by Gasteiger charge is -2.34. The molecule has 164 valence electrons. The van der Waals surface area contributed by atoms with Crippen LogP contribution in [0.1, 0.15) is 13.8 Å². The van der Waals surface area contributed by atoms with E-state index in [1.165, 1.54) is 5.69 Å². The maximum absolute atomic E-state index is 4.81. The molecule has 3 aromatic rings. The minimum absolute atomic E-state index is 0.612. The fourth-order valence-corrected chi connectivity index (χ4v) is 3.87. The van der Waals surface area contributed by atoms with Gasteiger partial charge < -0.3 is 20.0 Å². The average molecular weight is 421 g/mol. The summed E-state index contributed by atoms with van der Waals surface area (Å²) in [6.07, 6.45) is 3.36. The Morgan fingerprint density at radius 2 is 1.65 bits per heavy atom. The summed E-state index contributed by atoms with van der Waals surface area (Å²) in [7, 11) is 2.17. The molecule has 4 rings (SSSR count). The van der Waals surface area contributed by atoms with Crippen molar-refractivity contribution in [1.29, 1.82) is 0 Å². The van der Waals surface area contributed by atoms with Crippen LogP contribution in [0.4, 0.5) is 11.5 Å². The van der Waals surface area contributed by atoms with Crippen LogP contribution in [0.5, 0.6) is 0 Å². The van der Waals surface area contributed by atoms with E-state index in [2.05, 4.69) is 80.1 Å². The minimum atomic E-state index is 0.612. The van der Waals surface area contributed by atoms with Crippen molar-refractivity contribution in [3.8, 4) is 11.4 Å². The van der Waals surface area contributed by atoms with E-state index in [1.54, 1.807) is 12.4 Å². The highest BCUT2D eigenvalue weighted by Crippen LogP contribution is 2.25. The zero-order chi connectivity index (χ0) is 21.6. The van der Waals surface area contributed by atoms with Crippen LogP contribution in [-0.2, 0) is 0 Å². The summed E-state index contributed by atoms with van der Waals surface area (Å²) in [6.45, 7) is 12.5. The van der Waals surface area contributed by atoms with Gasteiger partial charge in [0, 0.05) is 62.9 Å². The van der Waals surface area contributed by atoms with Crippen molar-refractivity contribution in [3.63, 3.8) is 0 Å². The second-order valence-electron chi connectivity index (χ2n) is 7.92. The number of hydrogen-bond acceptors (Lipinski definition) is 8. The Bertz CT molecular complexity index is 979. The molecule has 31 heavy (non-hydrogen) atoms. The molecule has 1 aliphatic heterocycles. The van der Waals surface area contributed by atoms with Crippen LogP contribution in [-0.4, -0.2) is 89.1 Å². The van der Waals surface area contributed by atoms with Gasteiger partial charge in [0.2, 0.25) is 0 Å². The van der Waals surface area contributed by atoms with Gasteiger partial charge >= 0.3 is 0 Å². The molecule has 8 nitrogen and oxygen atoms in total. The number of aromatic nitrogens is 4. The van der Waals surface area contributed by atoms with Crippen molar-refractivity contribution < 1.29 is 0 Å². The molecule has 1 aliphatic rings. The predicted octanol–water partition coefficient (Wildman–Crippen LogP) is 2.59. The Hall–Kier alpha value is -2.84. The van der Waals surface area contributed by atoms with Gasteiger partial charge in [0.1, 0.15) is 5.52 Å². The maximum atomic E-state index is 4.81. The molecule has 1 saturated heterocycles. The van der Waals surface area contributed by atoms with E-state index < -0.39 is 0 Å². The summed E-state index contributed by atoms with van der Waals surface area (Å²) in [4.78, 5) is 25.5. The Balaban J connectivity index is 1.56.